The predicted octanol–water partition coefficient (Wildman–Crippen LogP) is 1.55. The van der Waals surface area contributed by atoms with Gasteiger partial charge in [-0.2, -0.15) is 0 Å². The van der Waals surface area contributed by atoms with E-state index in [0.29, 0.717) is 0 Å². The highest BCUT2D eigenvalue weighted by atomic mass is 35.5. The number of halogens is 3. The average Bonchev–Trinajstić information content (AvgIpc) is 1.99. The lowest BCUT2D eigenvalue weighted by Crippen LogP contribution is -2.02. The normalized spacial score (nSPS) is 13.0. The van der Waals surface area contributed by atoms with Gasteiger partial charge in [0.25, 0.3) is 0 Å². The molecule has 0 radical (unpaired) electrons. The van der Waals surface area contributed by atoms with Crippen LogP contribution in [0.5, 0.6) is 0 Å². The monoisotopic (exact) mass is 212 g/mol. The zero-order chi connectivity index (χ0) is 9.30. The molecule has 1 unspecified atom stereocenters. The summed E-state index contributed by atoms with van der Waals surface area (Å²) in [6.45, 7) is 0. The van der Waals surface area contributed by atoms with E-state index in [9.17, 15) is 13.0 Å². The number of rotatable bonds is 1. The Morgan fingerprint density at radius 3 is 2.42 bits per heavy atom. The van der Waals surface area contributed by atoms with Gasteiger partial charge in [0, 0.05) is 12.1 Å². The molecule has 66 valence electrons. The second-order valence-corrected chi connectivity index (χ2v) is 3.62. The molecule has 0 amide bonds. The summed E-state index contributed by atoms with van der Waals surface area (Å²) < 4.78 is 35.7. The fourth-order valence-corrected chi connectivity index (χ4v) is 1.45. The fraction of sp³-hybridized carbons (Fsp3) is 0. The first kappa shape index (κ1) is 9.57. The van der Waals surface area contributed by atoms with Gasteiger partial charge >= 0.3 is 0 Å². The van der Waals surface area contributed by atoms with Crippen molar-refractivity contribution >= 4 is 22.6 Å². The van der Waals surface area contributed by atoms with Crippen molar-refractivity contribution in [1.29, 1.82) is 0 Å². The van der Waals surface area contributed by atoms with Crippen molar-refractivity contribution in [2.75, 3.05) is 0 Å². The number of hydrogen-bond acceptors (Lipinski definition) is 1. The van der Waals surface area contributed by atoms with Crippen molar-refractivity contribution in [2.45, 2.75) is 4.90 Å². The molecule has 0 saturated heterocycles. The molecule has 1 aromatic rings. The Morgan fingerprint density at radius 2 is 2.00 bits per heavy atom. The standard InChI is InChI=1S/C6H4ClF2NOS/c7-4-1-3(12(10)11)2-5(8)6(4)9/h1-2H,(H2,10,11)/p+1. The molecule has 0 saturated carbocycles. The summed E-state index contributed by atoms with van der Waals surface area (Å²) in [4.78, 5) is -0.00565. The minimum absolute atomic E-state index is 0.00565. The van der Waals surface area contributed by atoms with E-state index in [0.717, 1.165) is 12.1 Å². The first-order chi connectivity index (χ1) is 5.52. The van der Waals surface area contributed by atoms with E-state index < -0.39 is 27.6 Å². The quantitative estimate of drug-likeness (QED) is 0.428. The number of benzene rings is 1. The number of hydrogen-bond donors (Lipinski definition) is 1. The smallest absolute Gasteiger partial charge is 0.179 e. The highest BCUT2D eigenvalue weighted by molar-refractivity contribution is 7.82. The largest absolute Gasteiger partial charge is 0.204 e. The van der Waals surface area contributed by atoms with Gasteiger partial charge in [-0.25, -0.2) is 8.78 Å². The van der Waals surface area contributed by atoms with E-state index in [1.807, 2.05) is 0 Å². The van der Waals surface area contributed by atoms with E-state index in [1.165, 1.54) is 0 Å². The van der Waals surface area contributed by atoms with Crippen molar-refractivity contribution in [3.05, 3.63) is 28.8 Å². The first-order valence-corrected chi connectivity index (χ1v) is 4.59. The van der Waals surface area contributed by atoms with E-state index in [-0.39, 0.29) is 4.90 Å². The summed E-state index contributed by atoms with van der Waals surface area (Å²) in [6.07, 6.45) is 0. The maximum Gasteiger partial charge on any atom is 0.179 e. The summed E-state index contributed by atoms with van der Waals surface area (Å²) in [5.74, 6) is -2.30. The van der Waals surface area contributed by atoms with E-state index in [1.54, 1.807) is 0 Å². The van der Waals surface area contributed by atoms with Crippen LogP contribution in [0, 0.1) is 11.6 Å². The van der Waals surface area contributed by atoms with Gasteiger partial charge in [-0.15, -0.1) is 5.14 Å². The van der Waals surface area contributed by atoms with Gasteiger partial charge in [0.2, 0.25) is 0 Å². The Hall–Kier alpha value is -0.520. The Morgan fingerprint density at radius 1 is 1.42 bits per heavy atom. The van der Waals surface area contributed by atoms with Gasteiger partial charge < -0.3 is 0 Å². The molecule has 0 heterocycles. The van der Waals surface area contributed by atoms with Crippen LogP contribution in [0.1, 0.15) is 0 Å². The molecule has 0 spiro atoms. The summed E-state index contributed by atoms with van der Waals surface area (Å²) in [6, 6.07) is 1.80. The van der Waals surface area contributed by atoms with Crippen LogP contribution in [0.15, 0.2) is 17.0 Å². The van der Waals surface area contributed by atoms with E-state index in [2.05, 4.69) is 0 Å². The van der Waals surface area contributed by atoms with Crippen LogP contribution >= 0.6 is 11.6 Å². The topological polar surface area (TPSA) is 43.1 Å². The highest BCUT2D eigenvalue weighted by Crippen LogP contribution is 2.20. The fourth-order valence-electron chi connectivity index (χ4n) is 0.669. The molecule has 12 heavy (non-hydrogen) atoms. The molecule has 0 aliphatic carbocycles. The van der Waals surface area contributed by atoms with Gasteiger partial charge in [-0.3, -0.25) is 0 Å². The molecule has 0 aliphatic heterocycles. The second-order valence-electron chi connectivity index (χ2n) is 2.05. The second kappa shape index (κ2) is 3.47. The lowest BCUT2D eigenvalue weighted by Gasteiger charge is -1.95. The Kier molecular flexibility index (Phi) is 2.76. The van der Waals surface area contributed by atoms with Crippen molar-refractivity contribution in [2.24, 2.45) is 5.14 Å². The van der Waals surface area contributed by atoms with Gasteiger partial charge in [0.1, 0.15) is 0 Å². The third kappa shape index (κ3) is 1.80. The SMILES string of the molecule is N[SH+](=O)c1cc(F)c(F)c(Cl)c1. The molecule has 1 atom stereocenters. The third-order valence-electron chi connectivity index (χ3n) is 1.22. The summed E-state index contributed by atoms with van der Waals surface area (Å²) in [7, 11) is -2.18. The predicted molar refractivity (Wildman–Crippen MR) is 43.3 cm³/mol. The Bertz CT molecular complexity index is 321. The molecule has 1 aromatic carbocycles. The summed E-state index contributed by atoms with van der Waals surface area (Å²) >= 11 is 5.26. The van der Waals surface area contributed by atoms with Gasteiger partial charge in [-0.05, 0) is 0 Å². The van der Waals surface area contributed by atoms with Crippen molar-refractivity contribution in [3.63, 3.8) is 0 Å². The summed E-state index contributed by atoms with van der Waals surface area (Å²) in [5.41, 5.74) is 0. The maximum absolute atomic E-state index is 12.6. The molecule has 0 fully saturated rings. The zero-order valence-electron chi connectivity index (χ0n) is 5.72. The number of nitrogens with two attached hydrogens (primary N) is 1. The van der Waals surface area contributed by atoms with Gasteiger partial charge in [-0.1, -0.05) is 15.8 Å². The van der Waals surface area contributed by atoms with Crippen LogP contribution in [0.3, 0.4) is 0 Å². The third-order valence-corrected chi connectivity index (χ3v) is 2.27. The van der Waals surface area contributed by atoms with Crippen LogP contribution in [-0.4, -0.2) is 0 Å². The highest BCUT2D eigenvalue weighted by Gasteiger charge is 2.14. The van der Waals surface area contributed by atoms with E-state index >= 15 is 0 Å². The van der Waals surface area contributed by atoms with Gasteiger partial charge in [0.15, 0.2) is 27.5 Å². The maximum atomic E-state index is 12.6. The number of thiol groups is 1. The molecule has 0 bridgehead atoms. The summed E-state index contributed by atoms with van der Waals surface area (Å²) in [5, 5.41) is 4.55. The lowest BCUT2D eigenvalue weighted by molar-refractivity contribution is 0.505. The molecule has 0 aliphatic rings. The van der Waals surface area contributed by atoms with Crippen LogP contribution in [0.2, 0.25) is 5.02 Å². The van der Waals surface area contributed by atoms with Crippen LogP contribution in [0.25, 0.3) is 0 Å². The molecule has 2 N–H and O–H groups in total. The van der Waals surface area contributed by atoms with Gasteiger partial charge in [0.05, 0.1) is 5.02 Å². The lowest BCUT2D eigenvalue weighted by atomic mass is 10.3. The van der Waals surface area contributed by atoms with Crippen molar-refractivity contribution in [1.82, 2.24) is 0 Å². The van der Waals surface area contributed by atoms with Crippen LogP contribution in [0.4, 0.5) is 8.78 Å². The van der Waals surface area contributed by atoms with Crippen LogP contribution < -0.4 is 5.14 Å². The molecule has 2 nitrogen and oxygen atoms in total. The minimum atomic E-state index is -2.18. The van der Waals surface area contributed by atoms with Crippen molar-refractivity contribution < 1.29 is 13.0 Å². The zero-order valence-corrected chi connectivity index (χ0v) is 7.37. The molecule has 1 rings (SSSR count). The minimum Gasteiger partial charge on any atom is -0.204 e. The van der Waals surface area contributed by atoms with Crippen molar-refractivity contribution in [3.8, 4) is 0 Å². The molecular weight excluding hydrogens is 208 g/mol. The molecule has 0 aromatic heterocycles. The molecular formula is C6H5ClF2NOS+. The Labute approximate surface area is 74.9 Å². The Balaban J connectivity index is 3.31. The van der Waals surface area contributed by atoms with E-state index in [4.69, 9.17) is 16.7 Å². The average molecular weight is 213 g/mol. The molecule has 6 heteroatoms. The first-order valence-electron chi connectivity index (χ1n) is 2.89. The van der Waals surface area contributed by atoms with Crippen LogP contribution in [-0.2, 0) is 15.2 Å².